The highest BCUT2D eigenvalue weighted by molar-refractivity contribution is 6.02. The van der Waals surface area contributed by atoms with E-state index in [1.54, 1.807) is 0 Å². The fraction of sp³-hybridized carbons (Fsp3) is 0.176. The topological polar surface area (TPSA) is 55.4 Å². The number of ether oxygens (including phenoxy) is 1. The summed E-state index contributed by atoms with van der Waals surface area (Å²) in [6.07, 6.45) is 5.06. The van der Waals surface area contributed by atoms with Crippen LogP contribution in [0.2, 0.25) is 0 Å². The fourth-order valence-electron chi connectivity index (χ4n) is 1.96. The zero-order chi connectivity index (χ0) is 15.1. The molecule has 0 aromatic heterocycles. The Morgan fingerprint density at radius 2 is 1.86 bits per heavy atom. The number of esters is 1. The Labute approximate surface area is 123 Å². The van der Waals surface area contributed by atoms with Crippen molar-refractivity contribution in [1.29, 1.82) is 0 Å². The molecule has 4 nitrogen and oxygen atoms in total. The molecule has 0 unspecified atom stereocenters. The third kappa shape index (κ3) is 4.08. The Morgan fingerprint density at radius 3 is 2.67 bits per heavy atom. The SMILES string of the molecule is C#CCOC(=O)CCC(=O)Nc1cccc2ccccc12. The molecular weight excluding hydrogens is 266 g/mol. The van der Waals surface area contributed by atoms with Gasteiger partial charge in [0, 0.05) is 17.5 Å². The fourth-order valence-corrected chi connectivity index (χ4v) is 1.96. The van der Waals surface area contributed by atoms with E-state index in [1.165, 1.54) is 0 Å². The van der Waals surface area contributed by atoms with Gasteiger partial charge < -0.3 is 10.1 Å². The van der Waals surface area contributed by atoms with E-state index in [-0.39, 0.29) is 25.4 Å². The number of carbonyl (C=O) groups is 2. The molecule has 2 aromatic carbocycles. The Hall–Kier alpha value is -2.80. The van der Waals surface area contributed by atoms with Crippen LogP contribution in [0.3, 0.4) is 0 Å². The van der Waals surface area contributed by atoms with E-state index in [2.05, 4.69) is 11.2 Å². The average molecular weight is 281 g/mol. The first kappa shape index (κ1) is 14.6. The Morgan fingerprint density at radius 1 is 1.10 bits per heavy atom. The van der Waals surface area contributed by atoms with Gasteiger partial charge in [0.15, 0.2) is 6.61 Å². The third-order valence-electron chi connectivity index (χ3n) is 2.94. The summed E-state index contributed by atoms with van der Waals surface area (Å²) in [5, 5.41) is 4.82. The molecule has 0 saturated heterocycles. The monoisotopic (exact) mass is 281 g/mol. The van der Waals surface area contributed by atoms with E-state index in [4.69, 9.17) is 11.2 Å². The number of nitrogens with one attached hydrogen (secondary N) is 1. The number of benzene rings is 2. The molecule has 0 atom stereocenters. The van der Waals surface area contributed by atoms with Gasteiger partial charge in [-0.25, -0.2) is 0 Å². The van der Waals surface area contributed by atoms with Gasteiger partial charge >= 0.3 is 5.97 Å². The molecule has 106 valence electrons. The molecule has 2 rings (SSSR count). The Bertz CT molecular complexity index is 695. The smallest absolute Gasteiger partial charge is 0.307 e. The number of anilines is 1. The lowest BCUT2D eigenvalue weighted by molar-refractivity contribution is -0.143. The van der Waals surface area contributed by atoms with Crippen molar-refractivity contribution in [1.82, 2.24) is 0 Å². The van der Waals surface area contributed by atoms with Crippen LogP contribution < -0.4 is 5.32 Å². The number of amides is 1. The van der Waals surface area contributed by atoms with Crippen molar-refractivity contribution in [2.24, 2.45) is 0 Å². The van der Waals surface area contributed by atoms with Crippen LogP contribution in [-0.4, -0.2) is 18.5 Å². The summed E-state index contributed by atoms with van der Waals surface area (Å²) in [7, 11) is 0. The molecule has 0 spiro atoms. The molecule has 0 fully saturated rings. The van der Waals surface area contributed by atoms with Gasteiger partial charge in [-0.2, -0.15) is 0 Å². The summed E-state index contributed by atoms with van der Waals surface area (Å²) < 4.78 is 4.71. The van der Waals surface area contributed by atoms with Crippen molar-refractivity contribution >= 4 is 28.3 Å². The molecule has 1 N–H and O–H groups in total. The standard InChI is InChI=1S/C17H15NO3/c1-2-12-21-17(20)11-10-16(19)18-15-9-5-7-13-6-3-4-8-14(13)15/h1,3-9H,10-12H2,(H,18,19). The highest BCUT2D eigenvalue weighted by atomic mass is 16.5. The number of hydrogen-bond donors (Lipinski definition) is 1. The van der Waals surface area contributed by atoms with Crippen molar-refractivity contribution in [2.45, 2.75) is 12.8 Å². The van der Waals surface area contributed by atoms with Crippen molar-refractivity contribution in [3.05, 3.63) is 42.5 Å². The van der Waals surface area contributed by atoms with Crippen molar-refractivity contribution < 1.29 is 14.3 Å². The van der Waals surface area contributed by atoms with E-state index in [1.807, 2.05) is 42.5 Å². The molecule has 0 saturated carbocycles. The normalized spacial score (nSPS) is 9.86. The minimum Gasteiger partial charge on any atom is -0.452 e. The maximum absolute atomic E-state index is 11.9. The van der Waals surface area contributed by atoms with Gasteiger partial charge in [0.1, 0.15) is 0 Å². The molecule has 2 aromatic rings. The zero-order valence-electron chi connectivity index (χ0n) is 11.5. The maximum Gasteiger partial charge on any atom is 0.307 e. The number of carbonyl (C=O) groups excluding carboxylic acids is 2. The summed E-state index contributed by atoms with van der Waals surface area (Å²) >= 11 is 0. The first-order valence-electron chi connectivity index (χ1n) is 6.57. The largest absolute Gasteiger partial charge is 0.452 e. The van der Waals surface area contributed by atoms with Crippen LogP contribution in [0.4, 0.5) is 5.69 Å². The van der Waals surface area contributed by atoms with Gasteiger partial charge in [0.25, 0.3) is 0 Å². The molecule has 1 amide bonds. The first-order valence-corrected chi connectivity index (χ1v) is 6.57. The molecule has 0 heterocycles. The molecule has 0 aliphatic rings. The van der Waals surface area contributed by atoms with E-state index >= 15 is 0 Å². The highest BCUT2D eigenvalue weighted by Gasteiger charge is 2.09. The summed E-state index contributed by atoms with van der Waals surface area (Å²) in [5.74, 6) is 1.50. The van der Waals surface area contributed by atoms with Crippen molar-refractivity contribution in [2.75, 3.05) is 11.9 Å². The molecule has 21 heavy (non-hydrogen) atoms. The van der Waals surface area contributed by atoms with Gasteiger partial charge in [0.2, 0.25) is 5.91 Å². The summed E-state index contributed by atoms with van der Waals surface area (Å²) in [6.45, 7) is -0.0657. The predicted octanol–water partition coefficient (Wildman–Crippen LogP) is 2.73. The lowest BCUT2D eigenvalue weighted by Crippen LogP contribution is -2.14. The summed E-state index contributed by atoms with van der Waals surface area (Å²) in [6, 6.07) is 13.4. The van der Waals surface area contributed by atoms with Crippen LogP contribution in [0, 0.1) is 12.3 Å². The second-order valence-corrected chi connectivity index (χ2v) is 4.44. The minimum atomic E-state index is -0.471. The third-order valence-corrected chi connectivity index (χ3v) is 2.94. The molecular formula is C17H15NO3. The van der Waals surface area contributed by atoms with Gasteiger partial charge in [-0.05, 0) is 11.5 Å². The summed E-state index contributed by atoms with van der Waals surface area (Å²) in [4.78, 5) is 23.1. The molecule has 0 radical (unpaired) electrons. The second-order valence-electron chi connectivity index (χ2n) is 4.44. The van der Waals surface area contributed by atoms with E-state index in [0.717, 1.165) is 16.5 Å². The Kier molecular flexibility index (Phi) is 4.94. The maximum atomic E-state index is 11.9. The molecule has 4 heteroatoms. The highest BCUT2D eigenvalue weighted by Crippen LogP contribution is 2.23. The van der Waals surface area contributed by atoms with Gasteiger partial charge in [-0.15, -0.1) is 6.42 Å². The van der Waals surface area contributed by atoms with Gasteiger partial charge in [0.05, 0.1) is 6.42 Å². The number of terminal acetylenes is 1. The molecule has 0 aliphatic heterocycles. The van der Waals surface area contributed by atoms with Gasteiger partial charge in [-0.1, -0.05) is 42.3 Å². The quantitative estimate of drug-likeness (QED) is 0.677. The average Bonchev–Trinajstić information content (AvgIpc) is 2.51. The van der Waals surface area contributed by atoms with Gasteiger partial charge in [-0.3, -0.25) is 9.59 Å². The first-order chi connectivity index (χ1) is 10.2. The van der Waals surface area contributed by atoms with Crippen LogP contribution in [0.15, 0.2) is 42.5 Å². The number of fused-ring (bicyclic) bond motifs is 1. The van der Waals surface area contributed by atoms with Crippen LogP contribution in [0.1, 0.15) is 12.8 Å². The lowest BCUT2D eigenvalue weighted by Gasteiger charge is -2.08. The van der Waals surface area contributed by atoms with Crippen molar-refractivity contribution in [3.63, 3.8) is 0 Å². The van der Waals surface area contributed by atoms with Crippen LogP contribution >= 0.6 is 0 Å². The predicted molar refractivity (Wildman–Crippen MR) is 81.6 cm³/mol. The minimum absolute atomic E-state index is 0.0122. The lowest BCUT2D eigenvalue weighted by atomic mass is 10.1. The number of rotatable bonds is 5. The second kappa shape index (κ2) is 7.11. The van der Waals surface area contributed by atoms with Crippen LogP contribution in [-0.2, 0) is 14.3 Å². The van der Waals surface area contributed by atoms with E-state index < -0.39 is 5.97 Å². The van der Waals surface area contributed by atoms with E-state index in [9.17, 15) is 9.59 Å². The van der Waals surface area contributed by atoms with Crippen molar-refractivity contribution in [3.8, 4) is 12.3 Å². The Balaban J connectivity index is 1.96. The van der Waals surface area contributed by atoms with Crippen LogP contribution in [0.25, 0.3) is 10.8 Å². The van der Waals surface area contributed by atoms with E-state index in [0.29, 0.717) is 0 Å². The van der Waals surface area contributed by atoms with Crippen LogP contribution in [0.5, 0.6) is 0 Å². The number of hydrogen-bond acceptors (Lipinski definition) is 3. The zero-order valence-corrected chi connectivity index (χ0v) is 11.5. The molecule has 0 bridgehead atoms. The molecule has 0 aliphatic carbocycles. The summed E-state index contributed by atoms with van der Waals surface area (Å²) in [5.41, 5.74) is 0.732.